The largest absolute Gasteiger partial charge is 0.444 e. The molecule has 1 atom stereocenters. The molecule has 1 fully saturated rings. The minimum Gasteiger partial charge on any atom is -0.444 e. The van der Waals surface area contributed by atoms with E-state index in [2.05, 4.69) is 16.0 Å². The topological polar surface area (TPSA) is 96.5 Å². The molecule has 1 saturated heterocycles. The molecule has 0 aliphatic carbocycles. The Kier molecular flexibility index (Phi) is 4.39. The molecule has 19 heavy (non-hydrogen) atoms. The van der Waals surface area contributed by atoms with Crippen LogP contribution in [0.1, 0.15) is 40.5 Å². The van der Waals surface area contributed by atoms with Gasteiger partial charge >= 0.3 is 12.1 Å². The lowest BCUT2D eigenvalue weighted by atomic mass is 9.96. The van der Waals surface area contributed by atoms with Crippen LogP contribution in [-0.4, -0.2) is 35.7 Å². The standard InChI is InChI=1S/C12H21N3O4/c1-11(2,3)19-10(18)13-7-5-6-12(4)8(16)14-9(17)15-12/h5-7H2,1-4H3,(H,13,18)(H2,14,15,16,17). The third-order valence-corrected chi connectivity index (χ3v) is 2.64. The molecular formula is C12H21N3O4. The van der Waals surface area contributed by atoms with Gasteiger partial charge < -0.3 is 15.4 Å². The predicted molar refractivity (Wildman–Crippen MR) is 68.6 cm³/mol. The summed E-state index contributed by atoms with van der Waals surface area (Å²) in [6.45, 7) is 7.39. The molecule has 0 aromatic carbocycles. The molecule has 7 nitrogen and oxygen atoms in total. The molecule has 0 radical (unpaired) electrons. The van der Waals surface area contributed by atoms with Crippen molar-refractivity contribution < 1.29 is 19.1 Å². The van der Waals surface area contributed by atoms with E-state index in [0.29, 0.717) is 19.4 Å². The number of imide groups is 1. The van der Waals surface area contributed by atoms with Crippen molar-refractivity contribution in [1.29, 1.82) is 0 Å². The van der Waals surface area contributed by atoms with E-state index in [9.17, 15) is 14.4 Å². The van der Waals surface area contributed by atoms with Gasteiger partial charge in [0.1, 0.15) is 11.1 Å². The van der Waals surface area contributed by atoms with Gasteiger partial charge in [-0.05, 0) is 40.5 Å². The van der Waals surface area contributed by atoms with E-state index in [1.807, 2.05) is 0 Å². The fourth-order valence-corrected chi connectivity index (χ4v) is 1.70. The third kappa shape index (κ3) is 4.76. The molecule has 108 valence electrons. The molecule has 4 amide bonds. The van der Waals surface area contributed by atoms with Crippen LogP contribution in [0.3, 0.4) is 0 Å². The molecule has 0 spiro atoms. The van der Waals surface area contributed by atoms with Gasteiger partial charge in [-0.15, -0.1) is 0 Å². The molecule has 1 unspecified atom stereocenters. The maximum absolute atomic E-state index is 11.5. The SMILES string of the molecule is CC(C)(C)OC(=O)NCCCC1(C)NC(=O)NC1=O. The van der Waals surface area contributed by atoms with Crippen molar-refractivity contribution in [2.75, 3.05) is 6.54 Å². The molecule has 0 bridgehead atoms. The lowest BCUT2D eigenvalue weighted by Crippen LogP contribution is -2.44. The molecule has 1 aliphatic heterocycles. The van der Waals surface area contributed by atoms with Crippen LogP contribution in [-0.2, 0) is 9.53 Å². The molecule has 1 rings (SSSR count). The van der Waals surface area contributed by atoms with Gasteiger partial charge in [0.2, 0.25) is 0 Å². The molecule has 3 N–H and O–H groups in total. The maximum Gasteiger partial charge on any atom is 0.407 e. The smallest absolute Gasteiger partial charge is 0.407 e. The third-order valence-electron chi connectivity index (χ3n) is 2.64. The van der Waals surface area contributed by atoms with Crippen LogP contribution in [0, 0.1) is 0 Å². The summed E-state index contributed by atoms with van der Waals surface area (Å²) in [6.07, 6.45) is 0.515. The summed E-state index contributed by atoms with van der Waals surface area (Å²) >= 11 is 0. The van der Waals surface area contributed by atoms with Gasteiger partial charge in [0.05, 0.1) is 0 Å². The molecule has 0 aromatic heterocycles. The summed E-state index contributed by atoms with van der Waals surface area (Å²) in [5.41, 5.74) is -1.43. The Bertz CT molecular complexity index is 389. The number of hydrogen-bond acceptors (Lipinski definition) is 4. The Balaban J connectivity index is 2.26. The molecule has 7 heteroatoms. The van der Waals surface area contributed by atoms with Gasteiger partial charge in [-0.2, -0.15) is 0 Å². The number of rotatable bonds is 4. The van der Waals surface area contributed by atoms with Gasteiger partial charge in [0.25, 0.3) is 5.91 Å². The quantitative estimate of drug-likeness (QED) is 0.522. The van der Waals surface area contributed by atoms with E-state index in [1.54, 1.807) is 27.7 Å². The summed E-state index contributed by atoms with van der Waals surface area (Å²) in [6, 6.07) is -0.479. The van der Waals surface area contributed by atoms with Crippen molar-refractivity contribution in [2.45, 2.75) is 51.7 Å². The van der Waals surface area contributed by atoms with Crippen LogP contribution in [0.15, 0.2) is 0 Å². The Morgan fingerprint density at radius 3 is 2.47 bits per heavy atom. The van der Waals surface area contributed by atoms with Crippen molar-refractivity contribution in [2.24, 2.45) is 0 Å². The second-order valence-corrected chi connectivity index (χ2v) is 5.77. The summed E-state index contributed by atoms with van der Waals surface area (Å²) in [5.74, 6) is -0.338. The highest BCUT2D eigenvalue weighted by Gasteiger charge is 2.41. The van der Waals surface area contributed by atoms with Crippen molar-refractivity contribution >= 4 is 18.0 Å². The van der Waals surface area contributed by atoms with Crippen molar-refractivity contribution in [3.63, 3.8) is 0 Å². The normalized spacial score (nSPS) is 22.7. The van der Waals surface area contributed by atoms with Crippen LogP contribution >= 0.6 is 0 Å². The Morgan fingerprint density at radius 1 is 1.37 bits per heavy atom. The van der Waals surface area contributed by atoms with E-state index in [0.717, 1.165) is 0 Å². The van der Waals surface area contributed by atoms with Crippen molar-refractivity contribution in [3.8, 4) is 0 Å². The number of hydrogen-bond donors (Lipinski definition) is 3. The lowest BCUT2D eigenvalue weighted by Gasteiger charge is -2.21. The monoisotopic (exact) mass is 271 g/mol. The van der Waals surface area contributed by atoms with Crippen LogP contribution in [0.4, 0.5) is 9.59 Å². The van der Waals surface area contributed by atoms with Gasteiger partial charge in [0.15, 0.2) is 0 Å². The van der Waals surface area contributed by atoms with E-state index >= 15 is 0 Å². The van der Waals surface area contributed by atoms with E-state index in [4.69, 9.17) is 4.74 Å². The first kappa shape index (κ1) is 15.3. The van der Waals surface area contributed by atoms with E-state index < -0.39 is 23.3 Å². The molecular weight excluding hydrogens is 250 g/mol. The Labute approximate surface area is 112 Å². The second kappa shape index (κ2) is 5.46. The highest BCUT2D eigenvalue weighted by atomic mass is 16.6. The van der Waals surface area contributed by atoms with Gasteiger partial charge in [-0.1, -0.05) is 0 Å². The van der Waals surface area contributed by atoms with Crippen molar-refractivity contribution in [3.05, 3.63) is 0 Å². The van der Waals surface area contributed by atoms with E-state index in [-0.39, 0.29) is 5.91 Å². The van der Waals surface area contributed by atoms with E-state index in [1.165, 1.54) is 0 Å². The zero-order chi connectivity index (χ0) is 14.7. The van der Waals surface area contributed by atoms with Crippen LogP contribution in [0.5, 0.6) is 0 Å². The number of carbonyl (C=O) groups excluding carboxylic acids is 3. The van der Waals surface area contributed by atoms with Crippen molar-refractivity contribution in [1.82, 2.24) is 16.0 Å². The zero-order valence-electron chi connectivity index (χ0n) is 11.8. The number of urea groups is 1. The summed E-state index contributed by atoms with van der Waals surface area (Å²) in [7, 11) is 0. The first-order chi connectivity index (χ1) is 8.62. The minimum atomic E-state index is -0.896. The maximum atomic E-state index is 11.5. The number of alkyl carbamates (subject to hydrolysis) is 1. The highest BCUT2D eigenvalue weighted by molar-refractivity contribution is 6.06. The average molecular weight is 271 g/mol. The van der Waals surface area contributed by atoms with Gasteiger partial charge in [-0.3, -0.25) is 10.1 Å². The number of nitrogens with one attached hydrogen (secondary N) is 3. The first-order valence-corrected chi connectivity index (χ1v) is 6.23. The number of ether oxygens (including phenoxy) is 1. The fraction of sp³-hybridized carbons (Fsp3) is 0.750. The second-order valence-electron chi connectivity index (χ2n) is 5.77. The first-order valence-electron chi connectivity index (χ1n) is 6.23. The van der Waals surface area contributed by atoms with Crippen LogP contribution < -0.4 is 16.0 Å². The summed E-state index contributed by atoms with van der Waals surface area (Å²) < 4.78 is 5.07. The Morgan fingerprint density at radius 2 is 2.00 bits per heavy atom. The van der Waals surface area contributed by atoms with Gasteiger partial charge in [0, 0.05) is 6.54 Å². The number of amides is 4. The highest BCUT2D eigenvalue weighted by Crippen LogP contribution is 2.16. The molecule has 1 heterocycles. The number of carbonyl (C=O) groups is 3. The Hall–Kier alpha value is -1.79. The molecule has 0 aromatic rings. The minimum absolute atomic E-state index is 0.338. The fourth-order valence-electron chi connectivity index (χ4n) is 1.70. The predicted octanol–water partition coefficient (Wildman–Crippen LogP) is 0.889. The van der Waals surface area contributed by atoms with Crippen LogP contribution in [0.2, 0.25) is 0 Å². The van der Waals surface area contributed by atoms with Gasteiger partial charge in [-0.25, -0.2) is 9.59 Å². The molecule has 0 saturated carbocycles. The summed E-state index contributed by atoms with van der Waals surface area (Å²) in [5, 5.41) is 7.35. The molecule has 1 aliphatic rings. The zero-order valence-corrected chi connectivity index (χ0v) is 11.8. The summed E-state index contributed by atoms with van der Waals surface area (Å²) in [4.78, 5) is 33.9. The van der Waals surface area contributed by atoms with Crippen LogP contribution in [0.25, 0.3) is 0 Å². The lowest BCUT2D eigenvalue weighted by molar-refractivity contribution is -0.123. The average Bonchev–Trinajstić information content (AvgIpc) is 2.45.